The van der Waals surface area contributed by atoms with Crippen molar-refractivity contribution in [3.05, 3.63) is 0 Å². The molecule has 0 saturated heterocycles. The van der Waals surface area contributed by atoms with Gasteiger partial charge in [0.15, 0.2) is 0 Å². The zero-order chi connectivity index (χ0) is 19.8. The molecule has 0 aromatic carbocycles. The van der Waals surface area contributed by atoms with Crippen molar-refractivity contribution in [2.75, 3.05) is 14.1 Å². The van der Waals surface area contributed by atoms with Crippen molar-refractivity contribution in [2.24, 2.45) is 0 Å². The first-order valence-corrected chi connectivity index (χ1v) is 5.46. The number of carbonyl (C=O) groups is 2. The third-order valence-electron chi connectivity index (χ3n) is 2.42. The molecule has 1 unspecified atom stereocenters. The molecule has 0 fully saturated rings. The third kappa shape index (κ3) is 3.34. The van der Waals surface area contributed by atoms with Gasteiger partial charge in [-0.1, -0.05) is 0 Å². The van der Waals surface area contributed by atoms with Gasteiger partial charge in [0.1, 0.15) is 0 Å². The molecule has 5 nitrogen and oxygen atoms in total. The summed E-state index contributed by atoms with van der Waals surface area (Å²) in [6, 6.07) is 0. The van der Waals surface area contributed by atoms with Gasteiger partial charge in [0, 0.05) is 14.1 Å². The second-order valence-electron chi connectivity index (χ2n) is 4.02. The quantitative estimate of drug-likeness (QED) is 0.686. The van der Waals surface area contributed by atoms with E-state index in [0.29, 0.717) is 14.1 Å². The van der Waals surface area contributed by atoms with Gasteiger partial charge in [-0.2, -0.15) is 43.9 Å². The summed E-state index contributed by atoms with van der Waals surface area (Å²) >= 11 is 0. The summed E-state index contributed by atoms with van der Waals surface area (Å²) in [6.45, 7) is 0. The number of amides is 2. The van der Waals surface area contributed by atoms with Gasteiger partial charge >= 0.3 is 30.0 Å². The van der Waals surface area contributed by atoms with E-state index in [1.807, 2.05) is 0 Å². The van der Waals surface area contributed by atoms with E-state index in [9.17, 15) is 53.5 Å². The predicted molar refractivity (Wildman–Crippen MR) is 54.0 cm³/mol. The Hall–Kier alpha value is -1.80. The molecule has 0 radical (unpaired) electrons. The number of likely N-dealkylation sites (N-methyl/N-ethyl adjacent to an activating group) is 1. The average Bonchev–Trinajstić information content (AvgIpc) is 2.42. The normalized spacial score (nSPS) is 16.3. The molecule has 0 bridgehead atoms. The van der Waals surface area contributed by atoms with Gasteiger partial charge in [-0.25, -0.2) is 0 Å². The van der Waals surface area contributed by atoms with E-state index in [4.69, 9.17) is 0 Å². The van der Waals surface area contributed by atoms with Crippen molar-refractivity contribution in [3.8, 4) is 0 Å². The van der Waals surface area contributed by atoms with E-state index in [2.05, 4.69) is 4.74 Å². The maximum atomic E-state index is 13.5. The van der Waals surface area contributed by atoms with Crippen LogP contribution < -0.4 is 10.6 Å². The van der Waals surface area contributed by atoms with Crippen molar-refractivity contribution in [1.29, 1.82) is 0 Å². The van der Waals surface area contributed by atoms with Crippen molar-refractivity contribution >= 4 is 11.8 Å². The van der Waals surface area contributed by atoms with Crippen molar-refractivity contribution in [2.45, 2.75) is 30.0 Å². The average molecular weight is 382 g/mol. The fourth-order valence-electron chi connectivity index (χ4n) is 1.12. The van der Waals surface area contributed by atoms with Crippen molar-refractivity contribution < 1.29 is 58.2 Å². The van der Waals surface area contributed by atoms with E-state index in [-0.39, 0.29) is 0 Å². The Balaban J connectivity index is 6.06. The van der Waals surface area contributed by atoms with Crippen LogP contribution in [0.15, 0.2) is 0 Å². The first-order valence-electron chi connectivity index (χ1n) is 5.46. The van der Waals surface area contributed by atoms with Crippen LogP contribution in [0.3, 0.4) is 0 Å². The summed E-state index contributed by atoms with van der Waals surface area (Å²) in [5.74, 6) is -25.4. The van der Waals surface area contributed by atoms with E-state index in [0.717, 1.165) is 10.6 Å². The number of ether oxygens (including phenoxy) is 1. The molecular weight excluding hydrogens is 374 g/mol. The first-order chi connectivity index (χ1) is 10.4. The smallest absolute Gasteiger partial charge is 0.354 e. The molecule has 24 heavy (non-hydrogen) atoms. The Morgan fingerprint density at radius 2 is 1.12 bits per heavy atom. The molecule has 0 aliphatic carbocycles. The molecule has 0 aromatic heterocycles. The fourth-order valence-corrected chi connectivity index (χ4v) is 1.12. The first kappa shape index (κ1) is 22.2. The SMILES string of the molecule is CNC(=O)C(F)(F)C(F)(F)C(F)(F)OC(F)(C(=O)NC)C(F)(F)F. The van der Waals surface area contributed by atoms with Gasteiger partial charge in [0.05, 0.1) is 0 Å². The molecule has 1 atom stereocenters. The molecule has 0 aliphatic rings. The van der Waals surface area contributed by atoms with Gasteiger partial charge in [-0.05, 0) is 0 Å². The topological polar surface area (TPSA) is 67.4 Å². The van der Waals surface area contributed by atoms with Crippen LogP contribution in [-0.4, -0.2) is 55.9 Å². The molecule has 2 amide bonds. The van der Waals surface area contributed by atoms with Gasteiger partial charge in [0.2, 0.25) is 0 Å². The second kappa shape index (κ2) is 6.25. The lowest BCUT2D eigenvalue weighted by Gasteiger charge is -2.35. The van der Waals surface area contributed by atoms with Gasteiger partial charge < -0.3 is 10.6 Å². The van der Waals surface area contributed by atoms with E-state index < -0.39 is 41.8 Å². The van der Waals surface area contributed by atoms with Crippen LogP contribution >= 0.6 is 0 Å². The summed E-state index contributed by atoms with van der Waals surface area (Å²) in [5.41, 5.74) is 0. The van der Waals surface area contributed by atoms with E-state index in [1.54, 1.807) is 0 Å². The zero-order valence-corrected chi connectivity index (χ0v) is 11.5. The van der Waals surface area contributed by atoms with Crippen LogP contribution in [-0.2, 0) is 14.3 Å². The van der Waals surface area contributed by atoms with Crippen LogP contribution in [0.1, 0.15) is 0 Å². The fraction of sp³-hybridized carbons (Fsp3) is 0.778. The predicted octanol–water partition coefficient (Wildman–Crippen LogP) is 1.59. The van der Waals surface area contributed by atoms with Crippen LogP contribution in [0.4, 0.5) is 43.9 Å². The minimum absolute atomic E-state index is 0.293. The minimum Gasteiger partial charge on any atom is -0.354 e. The van der Waals surface area contributed by atoms with Crippen molar-refractivity contribution in [1.82, 2.24) is 10.6 Å². The van der Waals surface area contributed by atoms with Crippen molar-refractivity contribution in [3.63, 3.8) is 0 Å². The van der Waals surface area contributed by atoms with Gasteiger partial charge in [-0.3, -0.25) is 14.3 Å². The molecular formula is C9H8F10N2O3. The molecule has 0 heterocycles. The van der Waals surface area contributed by atoms with Gasteiger partial charge in [0.25, 0.3) is 11.8 Å². The Kier molecular flexibility index (Phi) is 5.78. The number of halogens is 10. The maximum Gasteiger partial charge on any atom is 0.458 e. The molecule has 142 valence electrons. The largest absolute Gasteiger partial charge is 0.458 e. The Labute approximate surface area is 126 Å². The molecule has 0 saturated carbocycles. The highest BCUT2D eigenvalue weighted by Gasteiger charge is 2.80. The maximum absolute atomic E-state index is 13.5. The van der Waals surface area contributed by atoms with E-state index >= 15 is 0 Å². The Morgan fingerprint density at radius 3 is 1.42 bits per heavy atom. The number of rotatable bonds is 6. The molecule has 0 aliphatic heterocycles. The number of nitrogens with one attached hydrogen (secondary N) is 2. The highest BCUT2D eigenvalue weighted by atomic mass is 19.4. The summed E-state index contributed by atoms with van der Waals surface area (Å²) in [5, 5.41) is 1.71. The summed E-state index contributed by atoms with van der Waals surface area (Å²) in [6.07, 6.45) is -13.6. The molecule has 15 heteroatoms. The lowest BCUT2D eigenvalue weighted by Crippen LogP contribution is -2.66. The Bertz CT molecular complexity index is 506. The Morgan fingerprint density at radius 1 is 0.750 bits per heavy atom. The zero-order valence-electron chi connectivity index (χ0n) is 11.5. The van der Waals surface area contributed by atoms with Crippen LogP contribution in [0.25, 0.3) is 0 Å². The number of alkyl halides is 10. The number of hydrogen-bond donors (Lipinski definition) is 2. The molecule has 0 rings (SSSR count). The molecule has 0 spiro atoms. The lowest BCUT2D eigenvalue weighted by molar-refractivity contribution is -0.455. The van der Waals surface area contributed by atoms with Crippen LogP contribution in [0.2, 0.25) is 0 Å². The highest BCUT2D eigenvalue weighted by Crippen LogP contribution is 2.50. The monoisotopic (exact) mass is 382 g/mol. The number of hydrogen-bond acceptors (Lipinski definition) is 3. The summed E-state index contributed by atoms with van der Waals surface area (Å²) in [4.78, 5) is 21.3. The summed E-state index contributed by atoms with van der Waals surface area (Å²) < 4.78 is 131. The summed E-state index contributed by atoms with van der Waals surface area (Å²) in [7, 11) is 0.617. The number of carbonyl (C=O) groups excluding carboxylic acids is 2. The second-order valence-corrected chi connectivity index (χ2v) is 4.02. The standard InChI is InChI=1S/C9H8F10N2O3/c1-20-3(22)5(10,11)7(13,14)9(18,19)24-6(12,4(23)21-2)8(15,16)17/h1-2H3,(H,20,22)(H,21,23). The van der Waals surface area contributed by atoms with Crippen LogP contribution in [0, 0.1) is 0 Å². The highest BCUT2D eigenvalue weighted by molar-refractivity contribution is 5.85. The third-order valence-corrected chi connectivity index (χ3v) is 2.42. The van der Waals surface area contributed by atoms with Crippen LogP contribution in [0.5, 0.6) is 0 Å². The minimum atomic E-state index is -6.95. The molecule has 0 aromatic rings. The molecule has 2 N–H and O–H groups in total. The van der Waals surface area contributed by atoms with Gasteiger partial charge in [-0.15, -0.1) is 0 Å². The van der Waals surface area contributed by atoms with E-state index in [1.165, 1.54) is 0 Å². The lowest BCUT2D eigenvalue weighted by atomic mass is 10.1.